The number of likely N-dealkylation sites (tertiary alicyclic amines) is 1. The van der Waals surface area contributed by atoms with E-state index in [4.69, 9.17) is 14.3 Å². The molecule has 2 aliphatic heterocycles. The number of fused-ring (bicyclic) bond motifs is 1. The number of hydrogen-bond donors (Lipinski definition) is 1. The van der Waals surface area contributed by atoms with Crippen LogP contribution in [0.25, 0.3) is 33.2 Å². The zero-order chi connectivity index (χ0) is 25.1. The summed E-state index contributed by atoms with van der Waals surface area (Å²) in [5.41, 5.74) is 5.00. The van der Waals surface area contributed by atoms with Gasteiger partial charge in [0.15, 0.2) is 0 Å². The van der Waals surface area contributed by atoms with E-state index in [-0.39, 0.29) is 18.3 Å². The highest BCUT2D eigenvalue weighted by Crippen LogP contribution is 2.38. The molecule has 2 fully saturated rings. The third-order valence-corrected chi connectivity index (χ3v) is 8.39. The molecule has 36 heavy (non-hydrogen) atoms. The molecule has 2 saturated heterocycles. The van der Waals surface area contributed by atoms with Gasteiger partial charge in [0.25, 0.3) is 0 Å². The summed E-state index contributed by atoms with van der Waals surface area (Å²) in [5, 5.41) is 2.45. The zero-order valence-corrected chi connectivity index (χ0v) is 21.8. The molecule has 1 atom stereocenters. The number of benzene rings is 3. The van der Waals surface area contributed by atoms with Crippen LogP contribution in [0.3, 0.4) is 0 Å². The predicted molar refractivity (Wildman–Crippen MR) is 147 cm³/mol. The second-order valence-electron chi connectivity index (χ2n) is 11.2. The molecule has 0 spiro atoms. The summed E-state index contributed by atoms with van der Waals surface area (Å²) in [6.45, 7) is 9.48. The van der Waals surface area contributed by atoms with Crippen LogP contribution in [0.15, 0.2) is 66.9 Å². The van der Waals surface area contributed by atoms with Crippen LogP contribution in [0.5, 0.6) is 0 Å². The Hall–Kier alpha value is -2.93. The van der Waals surface area contributed by atoms with E-state index in [1.165, 1.54) is 33.9 Å². The van der Waals surface area contributed by atoms with Gasteiger partial charge in [-0.3, -0.25) is 4.90 Å². The maximum Gasteiger partial charge on any atom is 0.494 e. The van der Waals surface area contributed by atoms with E-state index in [9.17, 15) is 0 Å². The molecule has 4 aromatic rings. The lowest BCUT2D eigenvalue weighted by molar-refractivity contribution is 0.00578. The molecule has 184 valence electrons. The molecule has 6 rings (SSSR count). The summed E-state index contributed by atoms with van der Waals surface area (Å²) in [4.78, 5) is 10.8. The molecule has 0 amide bonds. The van der Waals surface area contributed by atoms with Crippen molar-refractivity contribution in [3.8, 4) is 22.4 Å². The Kier molecular flexibility index (Phi) is 5.60. The fraction of sp³-hybridized carbons (Fsp3) is 0.367. The Labute approximate surface area is 214 Å². The molecule has 0 bridgehead atoms. The van der Waals surface area contributed by atoms with Gasteiger partial charge in [-0.15, -0.1) is 0 Å². The van der Waals surface area contributed by atoms with Crippen molar-refractivity contribution in [3.63, 3.8) is 0 Å². The average Bonchev–Trinajstić information content (AvgIpc) is 3.56. The van der Waals surface area contributed by atoms with Gasteiger partial charge in [0.1, 0.15) is 5.82 Å². The van der Waals surface area contributed by atoms with Crippen LogP contribution in [0.1, 0.15) is 52.4 Å². The Bertz CT molecular complexity index is 1390. The molecule has 1 aromatic heterocycles. The Morgan fingerprint density at radius 1 is 0.889 bits per heavy atom. The van der Waals surface area contributed by atoms with Crippen molar-refractivity contribution in [1.29, 1.82) is 0 Å². The minimum Gasteiger partial charge on any atom is -0.399 e. The lowest BCUT2D eigenvalue weighted by Crippen LogP contribution is -2.41. The van der Waals surface area contributed by atoms with Gasteiger partial charge in [-0.2, -0.15) is 0 Å². The fourth-order valence-electron chi connectivity index (χ4n) is 5.48. The SMILES string of the molecule is CN1CCCC1c1ncc(-c2ccc(-c3ccc(B4OC(C)(C)C(C)(C)O4)cc3)c3ccccc23)[nH]1. The van der Waals surface area contributed by atoms with E-state index < -0.39 is 0 Å². The quantitative estimate of drug-likeness (QED) is 0.367. The van der Waals surface area contributed by atoms with Crippen molar-refractivity contribution >= 4 is 23.4 Å². The molecule has 1 N–H and O–H groups in total. The number of aromatic nitrogens is 2. The largest absolute Gasteiger partial charge is 0.494 e. The summed E-state index contributed by atoms with van der Waals surface area (Å²) in [5.74, 6) is 1.07. The van der Waals surface area contributed by atoms with Crippen molar-refractivity contribution in [3.05, 3.63) is 72.7 Å². The van der Waals surface area contributed by atoms with E-state index in [0.717, 1.165) is 29.9 Å². The highest BCUT2D eigenvalue weighted by atomic mass is 16.7. The summed E-state index contributed by atoms with van der Waals surface area (Å²) in [6.07, 6.45) is 4.37. The van der Waals surface area contributed by atoms with Gasteiger partial charge in [0.05, 0.1) is 29.1 Å². The van der Waals surface area contributed by atoms with E-state index in [1.807, 2.05) is 6.20 Å². The molecule has 3 heterocycles. The first-order valence-corrected chi connectivity index (χ1v) is 13.0. The maximum absolute atomic E-state index is 6.24. The van der Waals surface area contributed by atoms with Crippen molar-refractivity contribution in [2.24, 2.45) is 0 Å². The van der Waals surface area contributed by atoms with Crippen LogP contribution in [-0.4, -0.2) is 46.8 Å². The highest BCUT2D eigenvalue weighted by molar-refractivity contribution is 6.62. The van der Waals surface area contributed by atoms with Crippen LogP contribution in [0.2, 0.25) is 0 Å². The molecular weight excluding hydrogens is 445 g/mol. The van der Waals surface area contributed by atoms with Gasteiger partial charge in [0, 0.05) is 5.56 Å². The number of hydrogen-bond acceptors (Lipinski definition) is 4. The number of nitrogens with one attached hydrogen (secondary N) is 1. The normalized spacial score (nSPS) is 21.5. The van der Waals surface area contributed by atoms with E-state index in [2.05, 4.69) is 105 Å². The van der Waals surface area contributed by atoms with Gasteiger partial charge in [-0.05, 0) is 81.5 Å². The average molecular weight is 479 g/mol. The van der Waals surface area contributed by atoms with Gasteiger partial charge in [-0.25, -0.2) is 4.98 Å². The molecule has 0 aliphatic carbocycles. The van der Waals surface area contributed by atoms with Crippen LogP contribution in [-0.2, 0) is 9.31 Å². The lowest BCUT2D eigenvalue weighted by atomic mass is 9.78. The minimum absolute atomic E-state index is 0.345. The Morgan fingerprint density at radius 2 is 1.53 bits per heavy atom. The van der Waals surface area contributed by atoms with Crippen LogP contribution in [0, 0.1) is 0 Å². The predicted octanol–water partition coefficient (Wildman–Crippen LogP) is 5.96. The molecule has 6 heteroatoms. The topological polar surface area (TPSA) is 50.4 Å². The summed E-state index contributed by atoms with van der Waals surface area (Å²) in [7, 11) is 1.83. The first-order valence-electron chi connectivity index (χ1n) is 13.0. The zero-order valence-electron chi connectivity index (χ0n) is 21.8. The molecule has 3 aromatic carbocycles. The second kappa shape index (κ2) is 8.58. The Morgan fingerprint density at radius 3 is 2.17 bits per heavy atom. The van der Waals surface area contributed by atoms with Crippen molar-refractivity contribution < 1.29 is 9.31 Å². The first-order chi connectivity index (χ1) is 17.2. The molecule has 0 radical (unpaired) electrons. The molecular formula is C30H34BN3O2. The number of aromatic amines is 1. The second-order valence-corrected chi connectivity index (χ2v) is 11.2. The molecule has 2 aliphatic rings. The number of H-pyrrole nitrogens is 1. The van der Waals surface area contributed by atoms with Crippen molar-refractivity contribution in [1.82, 2.24) is 14.9 Å². The number of nitrogens with zero attached hydrogens (tertiary/aromatic N) is 2. The van der Waals surface area contributed by atoms with E-state index in [0.29, 0.717) is 6.04 Å². The van der Waals surface area contributed by atoms with E-state index in [1.54, 1.807) is 0 Å². The summed E-state index contributed by atoms with van der Waals surface area (Å²) >= 11 is 0. The van der Waals surface area contributed by atoms with Crippen molar-refractivity contribution in [2.45, 2.75) is 57.8 Å². The number of imidazole rings is 1. The Balaban J connectivity index is 1.33. The third-order valence-electron chi connectivity index (χ3n) is 8.39. The third kappa shape index (κ3) is 3.88. The lowest BCUT2D eigenvalue weighted by Gasteiger charge is -2.32. The molecule has 5 nitrogen and oxygen atoms in total. The van der Waals surface area contributed by atoms with Gasteiger partial charge < -0.3 is 14.3 Å². The molecule has 0 saturated carbocycles. The fourth-order valence-corrected chi connectivity index (χ4v) is 5.48. The summed E-state index contributed by atoms with van der Waals surface area (Å²) < 4.78 is 12.5. The minimum atomic E-state index is -0.350. The highest BCUT2D eigenvalue weighted by Gasteiger charge is 2.51. The maximum atomic E-state index is 6.24. The van der Waals surface area contributed by atoms with Crippen LogP contribution < -0.4 is 5.46 Å². The summed E-state index contributed by atoms with van der Waals surface area (Å²) in [6, 6.07) is 22.1. The first kappa shape index (κ1) is 23.5. The van der Waals surface area contributed by atoms with E-state index >= 15 is 0 Å². The molecule has 1 unspecified atom stereocenters. The number of rotatable bonds is 4. The monoisotopic (exact) mass is 479 g/mol. The van der Waals surface area contributed by atoms with Gasteiger partial charge in [-0.1, -0.05) is 60.7 Å². The van der Waals surface area contributed by atoms with Crippen molar-refractivity contribution in [2.75, 3.05) is 13.6 Å². The van der Waals surface area contributed by atoms with Crippen LogP contribution >= 0.6 is 0 Å². The smallest absolute Gasteiger partial charge is 0.399 e. The van der Waals surface area contributed by atoms with Gasteiger partial charge in [0.2, 0.25) is 0 Å². The standard InChI is InChI=1S/C30H34BN3O2/c1-29(2)30(3,4)36-31(35-29)21-14-12-20(13-15-21)22-16-17-25(24-10-7-6-9-23(22)24)26-19-32-28(33-26)27-11-8-18-34(27)5/h6-7,9-10,12-17,19,27H,8,11,18H2,1-5H3,(H,32,33). The van der Waals surface area contributed by atoms with Gasteiger partial charge >= 0.3 is 7.12 Å². The van der Waals surface area contributed by atoms with Crippen LogP contribution in [0.4, 0.5) is 0 Å².